The van der Waals surface area contributed by atoms with E-state index in [2.05, 4.69) is 0 Å². The van der Waals surface area contributed by atoms with Gasteiger partial charge in [0.15, 0.2) is 11.5 Å². The molecule has 2 aromatic carbocycles. The molecule has 36 heavy (non-hydrogen) atoms. The Bertz CT molecular complexity index is 1390. The van der Waals surface area contributed by atoms with Crippen molar-refractivity contribution in [1.82, 2.24) is 4.57 Å². The average molecular weight is 495 g/mol. The molecular weight excluding hydrogens is 467 g/mol. The number of fused-ring (bicyclic) bond motifs is 1. The molecule has 2 heterocycles. The number of aromatic nitrogens is 1. The van der Waals surface area contributed by atoms with E-state index in [0.29, 0.717) is 35.7 Å². The lowest BCUT2D eigenvalue weighted by Crippen LogP contribution is -2.35. The summed E-state index contributed by atoms with van der Waals surface area (Å²) in [5.74, 6) is -0.768. The number of rotatable bonds is 7. The van der Waals surface area contributed by atoms with Crippen molar-refractivity contribution in [3.63, 3.8) is 0 Å². The minimum Gasteiger partial charge on any atom is -0.493 e. The van der Waals surface area contributed by atoms with Gasteiger partial charge in [-0.25, -0.2) is 9.18 Å². The Morgan fingerprint density at radius 2 is 1.75 bits per heavy atom. The number of halogens is 1. The van der Waals surface area contributed by atoms with Gasteiger partial charge in [0.05, 0.1) is 32.8 Å². The summed E-state index contributed by atoms with van der Waals surface area (Å²) >= 11 is 0. The number of hydrogen-bond acceptors (Lipinski definition) is 7. The smallest absolute Gasteiger partial charge is 0.340 e. The number of nitrogens with two attached hydrogens (primary N) is 1. The molecule has 2 N–H and O–H groups in total. The summed E-state index contributed by atoms with van der Waals surface area (Å²) in [7, 11) is 4.35. The maximum absolute atomic E-state index is 13.8. The number of ether oxygens (including phenoxy) is 4. The number of hydrogen-bond donors (Lipinski definition) is 1. The van der Waals surface area contributed by atoms with Gasteiger partial charge in [-0.05, 0) is 48.7 Å². The first-order valence-electron chi connectivity index (χ1n) is 11.3. The first-order valence-corrected chi connectivity index (χ1v) is 11.3. The Morgan fingerprint density at radius 3 is 2.39 bits per heavy atom. The molecule has 3 aromatic rings. The molecule has 0 bridgehead atoms. The molecule has 0 fully saturated rings. The number of methoxy groups -OCH3 is 3. The van der Waals surface area contributed by atoms with Gasteiger partial charge in [0.2, 0.25) is 5.88 Å². The van der Waals surface area contributed by atoms with Crippen LogP contribution in [-0.2, 0) is 22.5 Å². The Labute approximate surface area is 207 Å². The van der Waals surface area contributed by atoms with Crippen LogP contribution in [0.2, 0.25) is 0 Å². The van der Waals surface area contributed by atoms with Crippen LogP contribution in [0.4, 0.5) is 4.39 Å². The molecule has 0 saturated carbocycles. The normalized spacial score (nSPS) is 14.6. The van der Waals surface area contributed by atoms with Crippen molar-refractivity contribution in [2.45, 2.75) is 25.8 Å². The van der Waals surface area contributed by atoms with Crippen molar-refractivity contribution in [3.8, 4) is 17.2 Å². The molecular formula is C27H27FN2O6. The Kier molecular flexibility index (Phi) is 7.00. The summed E-state index contributed by atoms with van der Waals surface area (Å²) in [5.41, 5.74) is 8.10. The summed E-state index contributed by atoms with van der Waals surface area (Å²) in [6.07, 6.45) is 0.532. The molecule has 9 heteroatoms. The molecule has 1 aliphatic heterocycles. The van der Waals surface area contributed by atoms with Crippen molar-refractivity contribution >= 4 is 5.97 Å². The van der Waals surface area contributed by atoms with Crippen LogP contribution in [0.3, 0.4) is 0 Å². The number of carbonyl (C=O) groups excluding carboxylic acids is 1. The standard InChI is InChI=1S/C27H27FN2O6/c1-15-13-21-23(26(31)30(15)12-11-16-5-10-19(33-2)20(14-16)34-3)22(17-6-8-18(28)9-7-17)24(25(29)36-21)27(32)35-4/h5-10,13-14,22H,11-12,29H2,1-4H3/t22-/m1/s1. The third kappa shape index (κ3) is 4.51. The Balaban J connectivity index is 1.79. The molecule has 1 atom stereocenters. The van der Waals surface area contributed by atoms with E-state index in [1.807, 2.05) is 18.2 Å². The highest BCUT2D eigenvalue weighted by Gasteiger charge is 2.38. The van der Waals surface area contributed by atoms with E-state index in [1.165, 1.54) is 31.4 Å². The summed E-state index contributed by atoms with van der Waals surface area (Å²) in [5, 5.41) is 0. The van der Waals surface area contributed by atoms with E-state index >= 15 is 0 Å². The quantitative estimate of drug-likeness (QED) is 0.502. The van der Waals surface area contributed by atoms with Crippen molar-refractivity contribution in [3.05, 3.63) is 98.5 Å². The van der Waals surface area contributed by atoms with Gasteiger partial charge >= 0.3 is 5.97 Å². The second-order valence-electron chi connectivity index (χ2n) is 8.32. The van der Waals surface area contributed by atoms with Crippen molar-refractivity contribution in [2.24, 2.45) is 5.73 Å². The predicted octanol–water partition coefficient (Wildman–Crippen LogP) is 3.42. The van der Waals surface area contributed by atoms with Gasteiger partial charge in [0, 0.05) is 18.3 Å². The maximum atomic E-state index is 13.8. The molecule has 0 unspecified atom stereocenters. The zero-order chi connectivity index (χ0) is 26.0. The molecule has 1 aromatic heterocycles. The van der Waals surface area contributed by atoms with E-state index in [9.17, 15) is 14.0 Å². The van der Waals surface area contributed by atoms with Gasteiger partial charge in [-0.1, -0.05) is 18.2 Å². The van der Waals surface area contributed by atoms with E-state index < -0.39 is 17.7 Å². The van der Waals surface area contributed by atoms with Crippen LogP contribution < -0.4 is 25.5 Å². The zero-order valence-corrected chi connectivity index (χ0v) is 20.5. The lowest BCUT2D eigenvalue weighted by molar-refractivity contribution is -0.136. The highest BCUT2D eigenvalue weighted by atomic mass is 19.1. The lowest BCUT2D eigenvalue weighted by Gasteiger charge is -2.29. The number of esters is 1. The van der Waals surface area contributed by atoms with E-state index in [-0.39, 0.29) is 28.3 Å². The van der Waals surface area contributed by atoms with Crippen molar-refractivity contribution < 1.29 is 28.1 Å². The largest absolute Gasteiger partial charge is 0.493 e. The van der Waals surface area contributed by atoms with Crippen LogP contribution in [0.15, 0.2) is 64.8 Å². The van der Waals surface area contributed by atoms with Gasteiger partial charge < -0.3 is 29.2 Å². The molecule has 0 radical (unpaired) electrons. The fourth-order valence-corrected chi connectivity index (χ4v) is 4.44. The molecule has 0 spiro atoms. The van der Waals surface area contributed by atoms with E-state index in [0.717, 1.165) is 5.56 Å². The fourth-order valence-electron chi connectivity index (χ4n) is 4.44. The topological polar surface area (TPSA) is 102 Å². The third-order valence-corrected chi connectivity index (χ3v) is 6.25. The zero-order valence-electron chi connectivity index (χ0n) is 20.5. The molecule has 188 valence electrons. The number of aryl methyl sites for hydroxylation is 2. The van der Waals surface area contributed by atoms with E-state index in [4.69, 9.17) is 24.7 Å². The van der Waals surface area contributed by atoms with Gasteiger partial charge in [0.25, 0.3) is 5.56 Å². The fraction of sp³-hybridized carbons (Fsp3) is 0.259. The van der Waals surface area contributed by atoms with Crippen molar-refractivity contribution in [2.75, 3.05) is 21.3 Å². The summed E-state index contributed by atoms with van der Waals surface area (Å²) < 4.78 is 36.6. The molecule has 0 saturated heterocycles. The third-order valence-electron chi connectivity index (χ3n) is 6.25. The molecule has 4 rings (SSSR count). The summed E-state index contributed by atoms with van der Waals surface area (Å²) in [4.78, 5) is 26.5. The number of benzene rings is 2. The summed E-state index contributed by atoms with van der Waals surface area (Å²) in [6, 6.07) is 12.8. The molecule has 1 aliphatic rings. The van der Waals surface area contributed by atoms with Crippen LogP contribution in [0.25, 0.3) is 0 Å². The Morgan fingerprint density at radius 1 is 1.06 bits per heavy atom. The number of carbonyl (C=O) groups is 1. The van der Waals surface area contributed by atoms with E-state index in [1.54, 1.807) is 31.8 Å². The minimum atomic E-state index is -0.887. The molecule has 0 amide bonds. The average Bonchev–Trinajstić information content (AvgIpc) is 2.87. The minimum absolute atomic E-state index is 0.0102. The summed E-state index contributed by atoms with van der Waals surface area (Å²) in [6.45, 7) is 2.15. The second-order valence-corrected chi connectivity index (χ2v) is 8.32. The van der Waals surface area contributed by atoms with Gasteiger partial charge in [-0.3, -0.25) is 4.79 Å². The highest BCUT2D eigenvalue weighted by molar-refractivity contribution is 5.92. The van der Waals surface area contributed by atoms with Crippen LogP contribution >= 0.6 is 0 Å². The van der Waals surface area contributed by atoms with Crippen LogP contribution in [0, 0.1) is 12.7 Å². The molecule has 0 aliphatic carbocycles. The van der Waals surface area contributed by atoms with Crippen LogP contribution in [0.1, 0.15) is 28.3 Å². The highest BCUT2D eigenvalue weighted by Crippen LogP contribution is 2.41. The van der Waals surface area contributed by atoms with Gasteiger partial charge in [-0.2, -0.15) is 0 Å². The van der Waals surface area contributed by atoms with Gasteiger partial charge in [-0.15, -0.1) is 0 Å². The number of nitrogens with zero attached hydrogens (tertiary/aromatic N) is 1. The monoisotopic (exact) mass is 494 g/mol. The number of pyridine rings is 1. The predicted molar refractivity (Wildman–Crippen MR) is 131 cm³/mol. The molecule has 8 nitrogen and oxygen atoms in total. The Hall–Kier alpha value is -4.27. The first kappa shape index (κ1) is 24.8. The van der Waals surface area contributed by atoms with Crippen molar-refractivity contribution in [1.29, 1.82) is 0 Å². The SMILES string of the molecule is COC(=O)C1=C(N)Oc2cc(C)n(CCc3ccc(OC)c(OC)c3)c(=O)c2[C@H]1c1ccc(F)cc1. The second kappa shape index (κ2) is 10.2. The lowest BCUT2D eigenvalue weighted by atomic mass is 9.83. The van der Waals surface area contributed by atoms with Crippen LogP contribution in [0.5, 0.6) is 17.2 Å². The van der Waals surface area contributed by atoms with Crippen LogP contribution in [-0.4, -0.2) is 31.9 Å². The first-order chi connectivity index (χ1) is 17.3. The maximum Gasteiger partial charge on any atom is 0.340 e. The van der Waals surface area contributed by atoms with Gasteiger partial charge in [0.1, 0.15) is 17.1 Å².